The molecule has 0 aliphatic carbocycles. The van der Waals surface area contributed by atoms with Crippen LogP contribution in [0, 0.1) is 0 Å². The van der Waals surface area contributed by atoms with Crippen LogP contribution in [0.3, 0.4) is 0 Å². The van der Waals surface area contributed by atoms with Gasteiger partial charge in [0.1, 0.15) is 13.2 Å². The van der Waals surface area contributed by atoms with Crippen LogP contribution in [-0.4, -0.2) is 58.4 Å². The van der Waals surface area contributed by atoms with E-state index in [2.05, 4.69) is 47.5 Å². The second-order valence-electron chi connectivity index (χ2n) is 9.41. The summed E-state index contributed by atoms with van der Waals surface area (Å²) >= 11 is 0. The molecule has 1 saturated heterocycles. The molecule has 0 radical (unpaired) electrons. The van der Waals surface area contributed by atoms with E-state index in [1.165, 1.54) is 31.5 Å². The molecule has 180 valence electrons. The van der Waals surface area contributed by atoms with Crippen LogP contribution < -0.4 is 14.8 Å². The number of rotatable bonds is 7. The van der Waals surface area contributed by atoms with Crippen LogP contribution in [0.1, 0.15) is 31.2 Å². The summed E-state index contributed by atoms with van der Waals surface area (Å²) in [5.74, 6) is 2.36. The lowest BCUT2D eigenvalue weighted by molar-refractivity contribution is 0.171. The van der Waals surface area contributed by atoms with E-state index < -0.39 is 0 Å². The Labute approximate surface area is 205 Å². The van der Waals surface area contributed by atoms with Gasteiger partial charge in [-0.1, -0.05) is 18.2 Å². The van der Waals surface area contributed by atoms with Crippen LogP contribution in [-0.2, 0) is 6.42 Å². The molecular weight excluding hydrogens is 438 g/mol. The topological polar surface area (TPSA) is 63.9 Å². The van der Waals surface area contributed by atoms with Crippen LogP contribution in [0.5, 0.6) is 11.5 Å². The number of ether oxygens (including phenoxy) is 2. The van der Waals surface area contributed by atoms with Crippen molar-refractivity contribution in [1.29, 1.82) is 0 Å². The fourth-order valence-corrected chi connectivity index (χ4v) is 4.95. The molecule has 0 amide bonds. The Balaban J connectivity index is 1.16. The van der Waals surface area contributed by atoms with Gasteiger partial charge in [-0.2, -0.15) is 5.10 Å². The Kier molecular flexibility index (Phi) is 6.00. The molecule has 35 heavy (non-hydrogen) atoms. The molecule has 4 heterocycles. The second-order valence-corrected chi connectivity index (χ2v) is 9.41. The normalized spacial score (nSPS) is 16.5. The molecule has 0 bridgehead atoms. The Bertz CT molecular complexity index is 1310. The summed E-state index contributed by atoms with van der Waals surface area (Å²) in [7, 11) is 0. The third-order valence-corrected chi connectivity index (χ3v) is 6.92. The molecule has 0 saturated carbocycles. The molecule has 2 aliphatic heterocycles. The highest BCUT2D eigenvalue weighted by Gasteiger charge is 2.18. The number of likely N-dealkylation sites (tertiary alicyclic amines) is 1. The summed E-state index contributed by atoms with van der Waals surface area (Å²) < 4.78 is 13.3. The molecule has 7 nitrogen and oxygen atoms in total. The molecule has 4 aromatic rings. The van der Waals surface area contributed by atoms with Crippen molar-refractivity contribution in [2.75, 3.05) is 38.2 Å². The molecule has 7 heteroatoms. The SMILES string of the molecule is CC(CNc1ccc(Cc2nc3cccc(-c4ccc5c(c4)OCCO5)n3n2)cc1)N1CCCC1. The van der Waals surface area contributed by atoms with Gasteiger partial charge in [0, 0.05) is 30.3 Å². The molecular formula is C28H31N5O2. The van der Waals surface area contributed by atoms with Crippen molar-refractivity contribution in [3.05, 3.63) is 72.1 Å². The van der Waals surface area contributed by atoms with Crippen LogP contribution in [0.4, 0.5) is 5.69 Å². The number of fused-ring (bicyclic) bond motifs is 2. The highest BCUT2D eigenvalue weighted by Crippen LogP contribution is 2.34. The summed E-state index contributed by atoms with van der Waals surface area (Å²) in [6.07, 6.45) is 3.34. The highest BCUT2D eigenvalue weighted by atomic mass is 16.6. The maximum absolute atomic E-state index is 5.77. The van der Waals surface area contributed by atoms with Gasteiger partial charge in [-0.25, -0.2) is 9.50 Å². The predicted molar refractivity (Wildman–Crippen MR) is 137 cm³/mol. The van der Waals surface area contributed by atoms with Gasteiger partial charge in [-0.3, -0.25) is 4.90 Å². The minimum Gasteiger partial charge on any atom is -0.486 e. The van der Waals surface area contributed by atoms with E-state index in [4.69, 9.17) is 19.6 Å². The maximum atomic E-state index is 5.77. The van der Waals surface area contributed by atoms with Gasteiger partial charge in [-0.05, 0) is 80.9 Å². The highest BCUT2D eigenvalue weighted by molar-refractivity contribution is 5.66. The van der Waals surface area contributed by atoms with Gasteiger partial charge >= 0.3 is 0 Å². The minimum absolute atomic E-state index is 0.558. The number of hydrogen-bond donors (Lipinski definition) is 1. The van der Waals surface area contributed by atoms with Crippen molar-refractivity contribution in [2.45, 2.75) is 32.2 Å². The lowest BCUT2D eigenvalue weighted by Gasteiger charge is -2.24. The van der Waals surface area contributed by atoms with E-state index in [0.717, 1.165) is 46.5 Å². The van der Waals surface area contributed by atoms with Crippen LogP contribution in [0.2, 0.25) is 0 Å². The molecule has 1 fully saturated rings. The first-order chi connectivity index (χ1) is 17.2. The first-order valence-corrected chi connectivity index (χ1v) is 12.5. The second kappa shape index (κ2) is 9.58. The zero-order chi connectivity index (χ0) is 23.6. The third kappa shape index (κ3) is 4.68. The number of nitrogens with zero attached hydrogens (tertiary/aromatic N) is 4. The fourth-order valence-electron chi connectivity index (χ4n) is 4.95. The van der Waals surface area contributed by atoms with E-state index >= 15 is 0 Å². The number of hydrogen-bond acceptors (Lipinski definition) is 6. The van der Waals surface area contributed by atoms with E-state index in [-0.39, 0.29) is 0 Å². The average molecular weight is 470 g/mol. The first kappa shape index (κ1) is 21.9. The number of aromatic nitrogens is 3. The van der Waals surface area contributed by atoms with Crippen LogP contribution >= 0.6 is 0 Å². The van der Waals surface area contributed by atoms with Gasteiger partial charge in [0.25, 0.3) is 0 Å². The molecule has 0 spiro atoms. The van der Waals surface area contributed by atoms with E-state index in [9.17, 15) is 0 Å². The largest absolute Gasteiger partial charge is 0.486 e. The van der Waals surface area contributed by atoms with E-state index in [1.54, 1.807) is 0 Å². The number of benzene rings is 2. The summed E-state index contributed by atoms with van der Waals surface area (Å²) in [6.45, 7) is 6.88. The number of anilines is 1. The maximum Gasteiger partial charge on any atom is 0.162 e. The monoisotopic (exact) mass is 469 g/mol. The lowest BCUT2D eigenvalue weighted by atomic mass is 10.1. The van der Waals surface area contributed by atoms with Gasteiger partial charge in [0.05, 0.1) is 5.69 Å². The lowest BCUT2D eigenvalue weighted by Crippen LogP contribution is -2.35. The Morgan fingerprint density at radius 3 is 2.57 bits per heavy atom. The van der Waals surface area contributed by atoms with Crippen molar-refractivity contribution in [1.82, 2.24) is 19.5 Å². The van der Waals surface area contributed by atoms with Crippen molar-refractivity contribution < 1.29 is 9.47 Å². The molecule has 1 unspecified atom stereocenters. The van der Waals surface area contributed by atoms with Crippen LogP contribution in [0.15, 0.2) is 60.7 Å². The van der Waals surface area contributed by atoms with E-state index in [1.807, 2.05) is 34.8 Å². The van der Waals surface area contributed by atoms with Crippen molar-refractivity contribution in [2.24, 2.45) is 0 Å². The van der Waals surface area contributed by atoms with Crippen LogP contribution in [0.25, 0.3) is 16.9 Å². The number of pyridine rings is 1. The predicted octanol–water partition coefficient (Wildman–Crippen LogP) is 4.65. The first-order valence-electron chi connectivity index (χ1n) is 12.5. The molecule has 2 aromatic heterocycles. The smallest absolute Gasteiger partial charge is 0.162 e. The van der Waals surface area contributed by atoms with Gasteiger partial charge in [0.15, 0.2) is 23.0 Å². The molecule has 2 aliphatic rings. The molecule has 2 aromatic carbocycles. The zero-order valence-electron chi connectivity index (χ0n) is 20.1. The fraction of sp³-hybridized carbons (Fsp3) is 0.357. The Hall–Kier alpha value is -3.58. The Morgan fingerprint density at radius 2 is 1.74 bits per heavy atom. The van der Waals surface area contributed by atoms with Gasteiger partial charge in [0.2, 0.25) is 0 Å². The molecule has 6 rings (SSSR count). The summed E-state index contributed by atoms with van der Waals surface area (Å²) in [5.41, 5.74) is 5.19. The van der Waals surface area contributed by atoms with Crippen molar-refractivity contribution in [3.8, 4) is 22.8 Å². The summed E-state index contributed by atoms with van der Waals surface area (Å²) in [5, 5.41) is 8.42. The van der Waals surface area contributed by atoms with Gasteiger partial charge in [-0.15, -0.1) is 0 Å². The Morgan fingerprint density at radius 1 is 0.943 bits per heavy atom. The quantitative estimate of drug-likeness (QED) is 0.425. The summed E-state index contributed by atoms with van der Waals surface area (Å²) in [4.78, 5) is 7.35. The molecule has 1 N–H and O–H groups in total. The minimum atomic E-state index is 0.558. The summed E-state index contributed by atoms with van der Waals surface area (Å²) in [6, 6.07) is 21.3. The molecule has 1 atom stereocenters. The standard InChI is InChI=1S/C28H31N5O2/c1-20(32-13-2-3-14-32)19-29-23-10-7-21(8-11-23)17-27-30-28-6-4-5-24(33(28)31-27)22-9-12-25-26(18-22)35-16-15-34-25/h4-12,18,20,29H,2-3,13-17,19H2,1H3. The number of nitrogens with one attached hydrogen (secondary N) is 1. The zero-order valence-corrected chi connectivity index (χ0v) is 20.1. The van der Waals surface area contributed by atoms with Gasteiger partial charge < -0.3 is 14.8 Å². The van der Waals surface area contributed by atoms with Crippen molar-refractivity contribution in [3.63, 3.8) is 0 Å². The van der Waals surface area contributed by atoms with Crippen molar-refractivity contribution >= 4 is 11.3 Å². The third-order valence-electron chi connectivity index (χ3n) is 6.92. The van der Waals surface area contributed by atoms with E-state index in [0.29, 0.717) is 25.7 Å². The average Bonchev–Trinajstić information content (AvgIpc) is 3.58.